The first-order chi connectivity index (χ1) is 13.7. The van der Waals surface area contributed by atoms with Crippen LogP contribution in [0, 0.1) is 6.92 Å². The zero-order valence-corrected chi connectivity index (χ0v) is 17.0. The lowest BCUT2D eigenvalue weighted by Gasteiger charge is -2.29. The summed E-state index contributed by atoms with van der Waals surface area (Å²) in [4.78, 5) is 22.2. The summed E-state index contributed by atoms with van der Waals surface area (Å²) in [6, 6.07) is 16.2. The standard InChI is InChI=1S/C22H25N3O2S/c1-17-5-4-6-18(15-17)16-21(26)25(10-9-24-11-13-27-14-12-24)22-23-19-7-2-3-8-20(19)28-22/h2-8,15H,9-14,16H2,1H3. The number of morpholine rings is 1. The Morgan fingerprint density at radius 2 is 2.00 bits per heavy atom. The van der Waals surface area contributed by atoms with E-state index < -0.39 is 0 Å². The van der Waals surface area contributed by atoms with Gasteiger partial charge in [0.2, 0.25) is 5.91 Å². The second-order valence-electron chi connectivity index (χ2n) is 7.13. The highest BCUT2D eigenvalue weighted by Gasteiger charge is 2.21. The van der Waals surface area contributed by atoms with Gasteiger partial charge in [0, 0.05) is 26.2 Å². The molecule has 4 rings (SSSR count). The summed E-state index contributed by atoms with van der Waals surface area (Å²) in [6.45, 7) is 6.89. The van der Waals surface area contributed by atoms with Gasteiger partial charge >= 0.3 is 0 Å². The van der Waals surface area contributed by atoms with Crippen molar-refractivity contribution >= 4 is 32.6 Å². The van der Waals surface area contributed by atoms with E-state index in [1.54, 1.807) is 11.3 Å². The van der Waals surface area contributed by atoms with Crippen molar-refractivity contribution in [3.8, 4) is 0 Å². The third-order valence-electron chi connectivity index (χ3n) is 5.00. The van der Waals surface area contributed by atoms with Crippen LogP contribution in [0.15, 0.2) is 48.5 Å². The van der Waals surface area contributed by atoms with E-state index in [2.05, 4.69) is 30.0 Å². The maximum atomic E-state index is 13.2. The first-order valence-electron chi connectivity index (χ1n) is 9.70. The molecule has 1 aliphatic rings. The number of amides is 1. The van der Waals surface area contributed by atoms with Gasteiger partial charge in [-0.15, -0.1) is 0 Å². The number of carbonyl (C=O) groups is 1. The Morgan fingerprint density at radius 1 is 1.18 bits per heavy atom. The predicted octanol–water partition coefficient (Wildman–Crippen LogP) is 3.51. The Kier molecular flexibility index (Phi) is 6.00. The average Bonchev–Trinajstić information content (AvgIpc) is 3.13. The number of hydrogen-bond donors (Lipinski definition) is 0. The second kappa shape index (κ2) is 8.82. The minimum Gasteiger partial charge on any atom is -0.379 e. The Balaban J connectivity index is 1.55. The Hall–Kier alpha value is -2.28. The largest absolute Gasteiger partial charge is 0.379 e. The number of anilines is 1. The van der Waals surface area contributed by atoms with Gasteiger partial charge in [-0.25, -0.2) is 4.98 Å². The number of aromatic nitrogens is 1. The highest BCUT2D eigenvalue weighted by atomic mass is 32.1. The minimum absolute atomic E-state index is 0.0953. The molecule has 2 heterocycles. The van der Waals surface area contributed by atoms with Crippen LogP contribution in [0.4, 0.5) is 5.13 Å². The molecule has 3 aromatic rings. The summed E-state index contributed by atoms with van der Waals surface area (Å²) in [5.74, 6) is 0.0953. The van der Waals surface area contributed by atoms with E-state index in [4.69, 9.17) is 9.72 Å². The number of rotatable bonds is 6. The fourth-order valence-corrected chi connectivity index (χ4v) is 4.47. The van der Waals surface area contributed by atoms with E-state index in [9.17, 15) is 4.79 Å². The van der Waals surface area contributed by atoms with E-state index in [0.717, 1.165) is 53.8 Å². The number of carbonyl (C=O) groups excluding carboxylic acids is 1. The van der Waals surface area contributed by atoms with Crippen molar-refractivity contribution < 1.29 is 9.53 Å². The number of aryl methyl sites for hydroxylation is 1. The van der Waals surface area contributed by atoms with Gasteiger partial charge in [-0.1, -0.05) is 53.3 Å². The number of fused-ring (bicyclic) bond motifs is 1. The Bertz CT molecular complexity index is 917. The fraction of sp³-hybridized carbons (Fsp3) is 0.364. The molecule has 0 bridgehead atoms. The normalized spacial score (nSPS) is 15.0. The van der Waals surface area contributed by atoms with Crippen LogP contribution in [-0.4, -0.2) is 55.2 Å². The molecule has 0 unspecified atom stereocenters. The van der Waals surface area contributed by atoms with E-state index in [1.807, 2.05) is 35.2 Å². The Labute approximate surface area is 169 Å². The Morgan fingerprint density at radius 3 is 2.79 bits per heavy atom. The smallest absolute Gasteiger partial charge is 0.233 e. The zero-order valence-electron chi connectivity index (χ0n) is 16.1. The van der Waals surface area contributed by atoms with Gasteiger partial charge in [0.15, 0.2) is 5.13 Å². The average molecular weight is 396 g/mol. The molecule has 146 valence electrons. The van der Waals surface area contributed by atoms with E-state index in [-0.39, 0.29) is 5.91 Å². The van der Waals surface area contributed by atoms with Gasteiger partial charge in [0.1, 0.15) is 0 Å². The molecular weight excluding hydrogens is 370 g/mol. The molecule has 0 atom stereocenters. The fourth-order valence-electron chi connectivity index (χ4n) is 3.46. The van der Waals surface area contributed by atoms with Crippen LogP contribution in [0.2, 0.25) is 0 Å². The zero-order chi connectivity index (χ0) is 19.3. The third-order valence-corrected chi connectivity index (χ3v) is 6.06. The van der Waals surface area contributed by atoms with Gasteiger partial charge in [-0.05, 0) is 24.6 Å². The van der Waals surface area contributed by atoms with Crippen LogP contribution < -0.4 is 4.90 Å². The molecule has 1 aliphatic heterocycles. The summed E-state index contributed by atoms with van der Waals surface area (Å²) in [5.41, 5.74) is 3.16. The molecule has 1 saturated heterocycles. The van der Waals surface area contributed by atoms with Crippen molar-refractivity contribution in [2.24, 2.45) is 0 Å². The van der Waals surface area contributed by atoms with Crippen LogP contribution in [0.25, 0.3) is 10.2 Å². The lowest BCUT2D eigenvalue weighted by molar-refractivity contribution is -0.118. The monoisotopic (exact) mass is 395 g/mol. The van der Waals surface area contributed by atoms with E-state index in [1.165, 1.54) is 5.56 Å². The summed E-state index contributed by atoms with van der Waals surface area (Å²) in [7, 11) is 0. The first kappa shape index (κ1) is 19.1. The molecule has 0 saturated carbocycles. The van der Waals surface area contributed by atoms with Gasteiger partial charge in [-0.3, -0.25) is 14.6 Å². The number of ether oxygens (including phenoxy) is 1. The van der Waals surface area contributed by atoms with Crippen molar-refractivity contribution in [3.63, 3.8) is 0 Å². The SMILES string of the molecule is Cc1cccc(CC(=O)N(CCN2CCOCC2)c2nc3ccccc3s2)c1. The third kappa shape index (κ3) is 4.58. The van der Waals surface area contributed by atoms with Crippen LogP contribution in [0.3, 0.4) is 0 Å². The van der Waals surface area contributed by atoms with Gasteiger partial charge < -0.3 is 4.74 Å². The molecule has 5 nitrogen and oxygen atoms in total. The van der Waals surface area contributed by atoms with Gasteiger partial charge in [0.25, 0.3) is 0 Å². The van der Waals surface area contributed by atoms with E-state index >= 15 is 0 Å². The number of thiazole rings is 1. The van der Waals surface area contributed by atoms with Crippen molar-refractivity contribution in [1.29, 1.82) is 0 Å². The molecule has 1 amide bonds. The maximum Gasteiger partial charge on any atom is 0.233 e. The van der Waals surface area contributed by atoms with Crippen LogP contribution >= 0.6 is 11.3 Å². The lowest BCUT2D eigenvalue weighted by Crippen LogP contribution is -2.43. The quantitative estimate of drug-likeness (QED) is 0.641. The highest BCUT2D eigenvalue weighted by molar-refractivity contribution is 7.22. The van der Waals surface area contributed by atoms with Crippen molar-refractivity contribution in [1.82, 2.24) is 9.88 Å². The summed E-state index contributed by atoms with van der Waals surface area (Å²) in [6.07, 6.45) is 0.390. The number of para-hydroxylation sites is 1. The molecule has 0 N–H and O–H groups in total. The van der Waals surface area contributed by atoms with Crippen LogP contribution in [0.1, 0.15) is 11.1 Å². The topological polar surface area (TPSA) is 45.7 Å². The molecule has 2 aromatic carbocycles. The van der Waals surface area contributed by atoms with Gasteiger partial charge in [-0.2, -0.15) is 0 Å². The van der Waals surface area contributed by atoms with E-state index in [0.29, 0.717) is 13.0 Å². The number of nitrogens with zero attached hydrogens (tertiary/aromatic N) is 3. The molecule has 1 aromatic heterocycles. The van der Waals surface area contributed by atoms with Crippen molar-refractivity contribution in [2.45, 2.75) is 13.3 Å². The summed E-state index contributed by atoms with van der Waals surface area (Å²) >= 11 is 1.58. The molecule has 0 aliphatic carbocycles. The molecule has 0 radical (unpaired) electrons. The molecule has 0 spiro atoms. The van der Waals surface area contributed by atoms with Crippen LogP contribution in [0.5, 0.6) is 0 Å². The molecular formula is C22H25N3O2S. The second-order valence-corrected chi connectivity index (χ2v) is 8.14. The number of benzene rings is 2. The lowest BCUT2D eigenvalue weighted by atomic mass is 10.1. The summed E-state index contributed by atoms with van der Waals surface area (Å²) in [5, 5.41) is 0.784. The first-order valence-corrected chi connectivity index (χ1v) is 10.5. The predicted molar refractivity (Wildman–Crippen MR) is 114 cm³/mol. The minimum atomic E-state index is 0.0953. The molecule has 28 heavy (non-hydrogen) atoms. The van der Waals surface area contributed by atoms with Crippen molar-refractivity contribution in [3.05, 3.63) is 59.7 Å². The van der Waals surface area contributed by atoms with Crippen LogP contribution in [-0.2, 0) is 16.0 Å². The maximum absolute atomic E-state index is 13.2. The summed E-state index contributed by atoms with van der Waals surface area (Å²) < 4.78 is 6.54. The number of hydrogen-bond acceptors (Lipinski definition) is 5. The van der Waals surface area contributed by atoms with Crippen molar-refractivity contribution in [2.75, 3.05) is 44.3 Å². The molecule has 1 fully saturated rings. The highest BCUT2D eigenvalue weighted by Crippen LogP contribution is 2.29. The molecule has 6 heteroatoms. The van der Waals surface area contributed by atoms with Gasteiger partial charge in [0.05, 0.1) is 29.9 Å².